The zero-order chi connectivity index (χ0) is 29.8. The fourth-order valence-electron chi connectivity index (χ4n) is 6.46. The van der Waals surface area contributed by atoms with Crippen molar-refractivity contribution in [2.45, 2.75) is 0 Å². The summed E-state index contributed by atoms with van der Waals surface area (Å²) in [5, 5.41) is 34.6. The molecule has 0 saturated heterocycles. The van der Waals surface area contributed by atoms with Crippen molar-refractivity contribution in [3.05, 3.63) is 138 Å². The molecule has 8 aromatic rings. The van der Waals surface area contributed by atoms with Gasteiger partial charge in [0.2, 0.25) is 0 Å². The first-order valence-electron chi connectivity index (χ1n) is 14.1. The summed E-state index contributed by atoms with van der Waals surface area (Å²) in [7, 11) is 0. The van der Waals surface area contributed by atoms with E-state index in [1.807, 2.05) is 12.1 Å². The third-order valence-electron chi connectivity index (χ3n) is 8.32. The van der Waals surface area contributed by atoms with E-state index in [-0.39, 0.29) is 0 Å². The molecule has 0 aliphatic heterocycles. The van der Waals surface area contributed by atoms with Gasteiger partial charge in [-0.25, -0.2) is 0 Å². The fraction of sp³-hybridized carbons (Fsp3) is 0. The van der Waals surface area contributed by atoms with Gasteiger partial charge < -0.3 is 4.57 Å². The van der Waals surface area contributed by atoms with Gasteiger partial charge in [0, 0.05) is 47.8 Å². The molecule has 2 heterocycles. The highest BCUT2D eigenvalue weighted by Gasteiger charge is 2.22. The Morgan fingerprint density at radius 2 is 1.11 bits per heavy atom. The van der Waals surface area contributed by atoms with Crippen LogP contribution < -0.4 is 0 Å². The Bertz CT molecular complexity index is 2490. The highest BCUT2D eigenvalue weighted by molar-refractivity contribution is 7.26. The Kier molecular flexibility index (Phi) is 5.78. The van der Waals surface area contributed by atoms with Gasteiger partial charge in [0.15, 0.2) is 0 Å². The number of benzene rings is 6. The van der Waals surface area contributed by atoms with E-state index in [0.717, 1.165) is 53.6 Å². The first-order chi connectivity index (χ1) is 21.7. The van der Waals surface area contributed by atoms with Gasteiger partial charge in [0.1, 0.15) is 0 Å². The van der Waals surface area contributed by atoms with Gasteiger partial charge in [-0.1, -0.05) is 72.8 Å². The Labute approximate surface area is 257 Å². The number of hydrogen-bond acceptors (Lipinski definition) is 4. The van der Waals surface area contributed by atoms with Crippen LogP contribution in [-0.4, -0.2) is 4.57 Å². The lowest BCUT2D eigenvalue weighted by Crippen LogP contribution is -1.97. The van der Waals surface area contributed by atoms with Crippen molar-refractivity contribution >= 4 is 53.3 Å². The molecular weight excluding hydrogens is 557 g/mol. The molecule has 0 atom stereocenters. The quantitative estimate of drug-likeness (QED) is 0.210. The normalized spacial score (nSPS) is 11.1. The van der Waals surface area contributed by atoms with Gasteiger partial charge in [-0.3, -0.25) is 0 Å². The molecule has 0 saturated carbocycles. The maximum Gasteiger partial charge on any atom is 0.0999 e. The lowest BCUT2D eigenvalue weighted by Gasteiger charge is -2.16. The Hall–Kier alpha value is -6.19. The zero-order valence-corrected chi connectivity index (χ0v) is 24.1. The third kappa shape index (κ3) is 3.73. The monoisotopic (exact) mass is 576 g/mol. The molecule has 0 unspecified atom stereocenters. The van der Waals surface area contributed by atoms with E-state index in [1.165, 1.54) is 10.8 Å². The molecule has 0 bridgehead atoms. The highest BCUT2D eigenvalue weighted by Crippen LogP contribution is 2.47. The van der Waals surface area contributed by atoms with Crippen LogP contribution in [0.5, 0.6) is 0 Å². The van der Waals surface area contributed by atoms with Crippen LogP contribution in [0.1, 0.15) is 16.7 Å². The number of aromatic nitrogens is 1. The summed E-state index contributed by atoms with van der Waals surface area (Å²) in [6.45, 7) is 0. The van der Waals surface area contributed by atoms with Crippen LogP contribution in [0, 0.1) is 34.0 Å². The van der Waals surface area contributed by atoms with Crippen molar-refractivity contribution in [2.75, 3.05) is 0 Å². The van der Waals surface area contributed by atoms with Crippen LogP contribution >= 0.6 is 11.3 Å². The second kappa shape index (κ2) is 9.97. The number of thiophene rings is 1. The molecule has 0 amide bonds. The van der Waals surface area contributed by atoms with Gasteiger partial charge >= 0.3 is 0 Å². The number of hydrogen-bond donors (Lipinski definition) is 0. The van der Waals surface area contributed by atoms with Gasteiger partial charge in [0.25, 0.3) is 0 Å². The van der Waals surface area contributed by atoms with Crippen molar-refractivity contribution in [2.24, 2.45) is 0 Å². The first kappa shape index (κ1) is 25.5. The summed E-state index contributed by atoms with van der Waals surface area (Å²) in [5.41, 5.74) is 7.53. The molecule has 0 radical (unpaired) electrons. The highest BCUT2D eigenvalue weighted by atomic mass is 32.1. The second-order valence-corrected chi connectivity index (χ2v) is 11.7. The SMILES string of the molecule is N#Cc1cc(C#N)c(-c2c(-c3ccc(-n4c5ccccc5c5ccccc54)cc3)ccc3sc4ccccc4c23)c(C#N)c1. The summed E-state index contributed by atoms with van der Waals surface area (Å²) < 4.78 is 4.49. The van der Waals surface area contributed by atoms with Crippen LogP contribution in [-0.2, 0) is 0 Å². The molecule has 0 aliphatic rings. The van der Waals surface area contributed by atoms with E-state index in [2.05, 4.69) is 120 Å². The van der Waals surface area contributed by atoms with Gasteiger partial charge in [-0.15, -0.1) is 11.3 Å². The number of fused-ring (bicyclic) bond motifs is 6. The molecule has 5 heteroatoms. The molecule has 0 fully saturated rings. The molecule has 4 nitrogen and oxygen atoms in total. The smallest absolute Gasteiger partial charge is 0.0999 e. The number of para-hydroxylation sites is 2. The maximum absolute atomic E-state index is 10.3. The summed E-state index contributed by atoms with van der Waals surface area (Å²) in [4.78, 5) is 0. The van der Waals surface area contributed by atoms with Crippen LogP contribution in [0.25, 0.3) is 69.9 Å². The van der Waals surface area contributed by atoms with Gasteiger partial charge in [-0.05, 0) is 59.7 Å². The standard InChI is InChI=1S/C39H20N4S/c40-21-24-19-26(22-41)37(27(20-24)23-42)39-29(17-18-36-38(39)32-9-3-6-12-35(32)44-36)25-13-15-28(16-14-25)43-33-10-4-1-7-30(33)31-8-2-5-11-34(31)43/h1-20H. The first-order valence-corrected chi connectivity index (χ1v) is 14.9. The minimum Gasteiger partial charge on any atom is -0.309 e. The van der Waals surface area contributed by atoms with Crippen LogP contribution in [0.4, 0.5) is 0 Å². The summed E-state index contributed by atoms with van der Waals surface area (Å²) in [5.74, 6) is 0. The van der Waals surface area contributed by atoms with Crippen LogP contribution in [0.2, 0.25) is 0 Å². The minimum absolute atomic E-state index is 0.293. The van der Waals surface area contributed by atoms with Crippen molar-refractivity contribution in [1.29, 1.82) is 15.8 Å². The van der Waals surface area contributed by atoms with Gasteiger partial charge in [-0.2, -0.15) is 15.8 Å². The second-order valence-electron chi connectivity index (χ2n) is 10.7. The molecule has 6 aromatic carbocycles. The Balaban J connectivity index is 1.41. The molecule has 0 N–H and O–H groups in total. The summed E-state index contributed by atoms with van der Waals surface area (Å²) >= 11 is 1.69. The maximum atomic E-state index is 10.3. The molecule has 0 spiro atoms. The van der Waals surface area contributed by atoms with E-state index in [1.54, 1.807) is 23.5 Å². The number of nitriles is 3. The van der Waals surface area contributed by atoms with Crippen molar-refractivity contribution in [3.8, 4) is 46.1 Å². The average molecular weight is 577 g/mol. The summed E-state index contributed by atoms with van der Waals surface area (Å²) in [6, 6.07) is 47.6. The molecule has 0 aliphatic carbocycles. The van der Waals surface area contributed by atoms with Crippen molar-refractivity contribution in [1.82, 2.24) is 4.57 Å². The lowest BCUT2D eigenvalue weighted by atomic mass is 9.85. The molecule has 202 valence electrons. The van der Waals surface area contributed by atoms with E-state index in [4.69, 9.17) is 0 Å². The van der Waals surface area contributed by atoms with Gasteiger partial charge in [0.05, 0.1) is 45.9 Å². The predicted molar refractivity (Wildman–Crippen MR) is 179 cm³/mol. The topological polar surface area (TPSA) is 76.3 Å². The van der Waals surface area contributed by atoms with E-state index in [0.29, 0.717) is 22.3 Å². The van der Waals surface area contributed by atoms with Crippen LogP contribution in [0.3, 0.4) is 0 Å². The zero-order valence-electron chi connectivity index (χ0n) is 23.2. The molecule has 2 aromatic heterocycles. The van der Waals surface area contributed by atoms with Crippen molar-refractivity contribution < 1.29 is 0 Å². The largest absolute Gasteiger partial charge is 0.309 e. The van der Waals surface area contributed by atoms with E-state index in [9.17, 15) is 15.8 Å². The van der Waals surface area contributed by atoms with Crippen LogP contribution in [0.15, 0.2) is 121 Å². The number of nitrogens with zero attached hydrogens (tertiary/aromatic N) is 4. The Morgan fingerprint density at radius 1 is 0.523 bits per heavy atom. The lowest BCUT2D eigenvalue weighted by molar-refractivity contribution is 1.18. The predicted octanol–water partition coefficient (Wildman–Crippen LogP) is 10.1. The van der Waals surface area contributed by atoms with E-state index < -0.39 is 0 Å². The molecule has 8 rings (SSSR count). The fourth-order valence-corrected chi connectivity index (χ4v) is 7.57. The number of rotatable bonds is 3. The van der Waals surface area contributed by atoms with E-state index >= 15 is 0 Å². The average Bonchev–Trinajstić information content (AvgIpc) is 3.63. The molecular formula is C39H20N4S. The summed E-state index contributed by atoms with van der Waals surface area (Å²) in [6.07, 6.45) is 0. The third-order valence-corrected chi connectivity index (χ3v) is 9.45. The van der Waals surface area contributed by atoms with Crippen molar-refractivity contribution in [3.63, 3.8) is 0 Å². The molecule has 44 heavy (non-hydrogen) atoms. The minimum atomic E-state index is 0.293. The Morgan fingerprint density at radius 3 is 1.73 bits per heavy atom.